The molecule has 1 saturated heterocycles. The van der Waals surface area contributed by atoms with Gasteiger partial charge in [-0.1, -0.05) is 19.8 Å². The Labute approximate surface area is 197 Å². The zero-order chi connectivity index (χ0) is 24.5. The predicted octanol–water partition coefficient (Wildman–Crippen LogP) is 8.73. The maximum Gasteiger partial charge on any atom is 0.412 e. The van der Waals surface area contributed by atoms with E-state index in [1.54, 1.807) is 0 Å². The third-order valence-electron chi connectivity index (χ3n) is 8.44. The van der Waals surface area contributed by atoms with Crippen LogP contribution in [0.1, 0.15) is 88.2 Å². The zero-order valence-corrected chi connectivity index (χ0v) is 19.7. The molecule has 7 heteroatoms. The number of alkyl halides is 3. The van der Waals surface area contributed by atoms with Crippen LogP contribution in [0.5, 0.6) is 0 Å². The van der Waals surface area contributed by atoms with E-state index in [-0.39, 0.29) is 12.0 Å². The van der Waals surface area contributed by atoms with Crippen LogP contribution in [-0.2, 0) is 4.74 Å². The number of ether oxygens (including phenoxy) is 1. The Morgan fingerprint density at radius 2 is 1.38 bits per heavy atom. The van der Waals surface area contributed by atoms with E-state index in [9.17, 15) is 26.3 Å². The molecule has 0 N–H and O–H groups in total. The number of halogens is 6. The third-order valence-corrected chi connectivity index (χ3v) is 8.44. The van der Waals surface area contributed by atoms with Gasteiger partial charge in [-0.05, 0) is 98.7 Å². The van der Waals surface area contributed by atoms with Crippen molar-refractivity contribution in [2.45, 2.75) is 89.3 Å². The molecule has 34 heavy (non-hydrogen) atoms. The molecule has 1 heterocycles. The molecule has 4 rings (SSSR count). The molecule has 2 saturated carbocycles. The van der Waals surface area contributed by atoms with Crippen molar-refractivity contribution < 1.29 is 31.1 Å². The van der Waals surface area contributed by atoms with Crippen molar-refractivity contribution in [2.75, 3.05) is 6.61 Å². The van der Waals surface area contributed by atoms with Crippen LogP contribution in [0.25, 0.3) is 5.83 Å². The van der Waals surface area contributed by atoms with E-state index in [1.807, 2.05) is 0 Å². The third kappa shape index (κ3) is 6.19. The highest BCUT2D eigenvalue weighted by molar-refractivity contribution is 5.61. The van der Waals surface area contributed by atoms with E-state index in [4.69, 9.17) is 4.74 Å². The van der Waals surface area contributed by atoms with E-state index in [1.165, 1.54) is 32.1 Å². The second-order valence-electron chi connectivity index (χ2n) is 10.7. The van der Waals surface area contributed by atoms with E-state index in [0.29, 0.717) is 17.4 Å². The van der Waals surface area contributed by atoms with E-state index < -0.39 is 35.3 Å². The van der Waals surface area contributed by atoms with E-state index >= 15 is 0 Å². The minimum Gasteiger partial charge on any atom is -0.378 e. The SMILES string of the molecule is CC1CCC(C2CCC(C3CCC(c4cc(F)c(/C(F)=C/C(F)(F)F)c(F)c4)CC3)OC2)CC1. The quantitative estimate of drug-likeness (QED) is 0.385. The topological polar surface area (TPSA) is 9.23 Å². The lowest BCUT2D eigenvalue weighted by Crippen LogP contribution is -2.37. The van der Waals surface area contributed by atoms with Gasteiger partial charge in [0.1, 0.15) is 17.5 Å². The Morgan fingerprint density at radius 1 is 0.824 bits per heavy atom. The van der Waals surface area contributed by atoms with Gasteiger partial charge in [-0.25, -0.2) is 13.2 Å². The maximum absolute atomic E-state index is 14.4. The first-order valence-electron chi connectivity index (χ1n) is 12.7. The summed E-state index contributed by atoms with van der Waals surface area (Å²) in [5.74, 6) is -1.92. The molecule has 0 bridgehead atoms. The molecule has 1 aromatic carbocycles. The van der Waals surface area contributed by atoms with Crippen molar-refractivity contribution in [2.24, 2.45) is 23.7 Å². The van der Waals surface area contributed by atoms with Crippen LogP contribution < -0.4 is 0 Å². The second kappa shape index (κ2) is 10.6. The predicted molar refractivity (Wildman–Crippen MR) is 120 cm³/mol. The number of hydrogen-bond acceptors (Lipinski definition) is 1. The standard InChI is InChI=1S/C27H34F6O/c1-16-2-4-17(5-3-16)20-10-11-25(34-15-20)19-8-6-18(7-9-19)21-12-22(28)26(23(29)13-21)24(30)14-27(31,32)33/h12-14,16-20,25H,2-11,15H2,1H3/b24-14-. The lowest BCUT2D eigenvalue weighted by Gasteiger charge is -2.41. The van der Waals surface area contributed by atoms with Crippen molar-refractivity contribution in [3.8, 4) is 0 Å². The molecule has 2 atom stereocenters. The molecule has 1 aromatic rings. The Balaban J connectivity index is 1.31. The molecule has 0 aromatic heterocycles. The van der Waals surface area contributed by atoms with E-state index in [0.717, 1.165) is 62.7 Å². The molecule has 3 fully saturated rings. The average Bonchev–Trinajstić information content (AvgIpc) is 2.78. The Kier molecular flexibility index (Phi) is 8.00. The first kappa shape index (κ1) is 25.6. The fraction of sp³-hybridized carbons (Fsp3) is 0.704. The highest BCUT2D eigenvalue weighted by atomic mass is 19.4. The van der Waals surface area contributed by atoms with Crippen molar-refractivity contribution >= 4 is 5.83 Å². The summed E-state index contributed by atoms with van der Waals surface area (Å²) in [7, 11) is 0. The van der Waals surface area contributed by atoms with Gasteiger partial charge in [0.2, 0.25) is 0 Å². The van der Waals surface area contributed by atoms with Gasteiger partial charge in [-0.2, -0.15) is 13.2 Å². The first-order chi connectivity index (χ1) is 16.1. The molecular weight excluding hydrogens is 454 g/mol. The van der Waals surface area contributed by atoms with Gasteiger partial charge in [0.25, 0.3) is 0 Å². The lowest BCUT2D eigenvalue weighted by atomic mass is 9.72. The number of allylic oxidation sites excluding steroid dienone is 1. The largest absolute Gasteiger partial charge is 0.412 e. The number of rotatable bonds is 4. The van der Waals surface area contributed by atoms with Crippen LogP contribution in [0.3, 0.4) is 0 Å². The Morgan fingerprint density at radius 3 is 1.91 bits per heavy atom. The summed E-state index contributed by atoms with van der Waals surface area (Å²) in [5.41, 5.74) is -0.875. The van der Waals surface area contributed by atoms with Gasteiger partial charge in [-0.3, -0.25) is 0 Å². The summed E-state index contributed by atoms with van der Waals surface area (Å²) in [6.45, 7) is 3.17. The molecule has 1 aliphatic heterocycles. The molecular formula is C27H34F6O. The molecule has 3 aliphatic rings. The molecule has 190 valence electrons. The molecule has 0 spiro atoms. The van der Waals surface area contributed by atoms with Crippen LogP contribution in [0.4, 0.5) is 26.3 Å². The van der Waals surface area contributed by atoms with Crippen molar-refractivity contribution in [1.82, 2.24) is 0 Å². The van der Waals surface area contributed by atoms with Crippen molar-refractivity contribution in [3.63, 3.8) is 0 Å². The van der Waals surface area contributed by atoms with Gasteiger partial charge < -0.3 is 4.74 Å². The van der Waals surface area contributed by atoms with Gasteiger partial charge in [-0.15, -0.1) is 0 Å². The first-order valence-corrected chi connectivity index (χ1v) is 12.7. The highest BCUT2D eigenvalue weighted by Gasteiger charge is 2.35. The molecule has 2 aliphatic carbocycles. The molecule has 2 unspecified atom stereocenters. The molecule has 0 radical (unpaired) electrons. The van der Waals surface area contributed by atoms with E-state index in [2.05, 4.69) is 6.92 Å². The van der Waals surface area contributed by atoms with Crippen LogP contribution in [0.15, 0.2) is 18.2 Å². The zero-order valence-electron chi connectivity index (χ0n) is 19.7. The minimum atomic E-state index is -4.99. The number of benzene rings is 1. The maximum atomic E-state index is 14.4. The van der Waals surface area contributed by atoms with Crippen molar-refractivity contribution in [3.05, 3.63) is 41.0 Å². The minimum absolute atomic E-state index is 0.0930. The second-order valence-corrected chi connectivity index (χ2v) is 10.7. The van der Waals surface area contributed by atoms with Crippen molar-refractivity contribution in [1.29, 1.82) is 0 Å². The fourth-order valence-corrected chi connectivity index (χ4v) is 6.39. The smallest absolute Gasteiger partial charge is 0.378 e. The van der Waals surface area contributed by atoms with Gasteiger partial charge in [0.15, 0.2) is 0 Å². The normalized spacial score (nSPS) is 33.7. The summed E-state index contributed by atoms with van der Waals surface area (Å²) < 4.78 is 86.0. The van der Waals surface area contributed by atoms with Crippen LogP contribution in [0, 0.1) is 35.3 Å². The summed E-state index contributed by atoms with van der Waals surface area (Å²) in [5, 5.41) is 0. The highest BCUT2D eigenvalue weighted by Crippen LogP contribution is 2.43. The summed E-state index contributed by atoms with van der Waals surface area (Å²) in [6, 6.07) is 1.97. The Bertz CT molecular complexity index is 831. The van der Waals surface area contributed by atoms with Crippen LogP contribution >= 0.6 is 0 Å². The van der Waals surface area contributed by atoms with Crippen LogP contribution in [0.2, 0.25) is 0 Å². The fourth-order valence-electron chi connectivity index (χ4n) is 6.39. The average molecular weight is 489 g/mol. The summed E-state index contributed by atoms with van der Waals surface area (Å²) in [6.07, 6.45) is 5.29. The molecule has 1 nitrogen and oxygen atoms in total. The Hall–Kier alpha value is -1.50. The van der Waals surface area contributed by atoms with Gasteiger partial charge in [0, 0.05) is 0 Å². The summed E-state index contributed by atoms with van der Waals surface area (Å²) in [4.78, 5) is 0. The number of hydrogen-bond donors (Lipinski definition) is 0. The van der Waals surface area contributed by atoms with Gasteiger partial charge in [0.05, 0.1) is 24.4 Å². The summed E-state index contributed by atoms with van der Waals surface area (Å²) >= 11 is 0. The molecule has 0 amide bonds. The van der Waals surface area contributed by atoms with Crippen LogP contribution in [-0.4, -0.2) is 18.9 Å². The lowest BCUT2D eigenvalue weighted by molar-refractivity contribution is -0.0798. The monoisotopic (exact) mass is 488 g/mol. The van der Waals surface area contributed by atoms with Gasteiger partial charge >= 0.3 is 6.18 Å².